The molecule has 0 bridgehead atoms. The van der Waals surface area contributed by atoms with Crippen LogP contribution in [0.4, 0.5) is 0 Å². The highest BCUT2D eigenvalue weighted by Crippen LogP contribution is 2.35. The zero-order chi connectivity index (χ0) is 16.2. The van der Waals surface area contributed by atoms with Crippen LogP contribution in [0.5, 0.6) is 0 Å². The molecule has 0 aromatic carbocycles. The third-order valence-corrected chi connectivity index (χ3v) is 4.85. The van der Waals surface area contributed by atoms with Crippen molar-refractivity contribution in [3.05, 3.63) is 0 Å². The van der Waals surface area contributed by atoms with Crippen molar-refractivity contribution >= 4 is 25.6 Å². The molecule has 0 aromatic rings. The van der Waals surface area contributed by atoms with Gasteiger partial charge in [-0.1, -0.05) is 20.8 Å². The molecule has 1 heterocycles. The van der Waals surface area contributed by atoms with Gasteiger partial charge in [0.15, 0.2) is 0 Å². The minimum atomic E-state index is -0.267. The minimum absolute atomic E-state index is 0.0159. The molecule has 0 saturated carbocycles. The SMILES string of the molecule is CP(C)CCNC(=O)CCN1C(=O)CC(C(C)(C)C)C1=O. The Kier molecular flexibility index (Phi) is 6.33. The molecule has 6 heteroatoms. The highest BCUT2D eigenvalue weighted by atomic mass is 31.1. The smallest absolute Gasteiger partial charge is 0.233 e. The van der Waals surface area contributed by atoms with Crippen molar-refractivity contribution in [3.63, 3.8) is 0 Å². The van der Waals surface area contributed by atoms with E-state index in [2.05, 4.69) is 18.6 Å². The Balaban J connectivity index is 2.43. The first-order chi connectivity index (χ1) is 9.62. The summed E-state index contributed by atoms with van der Waals surface area (Å²) in [5, 5.41) is 2.84. The maximum absolute atomic E-state index is 12.3. The summed E-state index contributed by atoms with van der Waals surface area (Å²) in [6, 6.07) is 0. The number of likely N-dealkylation sites (tertiary alicyclic amines) is 1. The standard InChI is InChI=1S/C15H27N2O3P/c1-15(2,3)11-10-13(19)17(14(11)20)8-6-12(18)16-7-9-21(4)5/h11H,6-10H2,1-5H3,(H,16,18). The van der Waals surface area contributed by atoms with E-state index >= 15 is 0 Å². The largest absolute Gasteiger partial charge is 0.356 e. The molecule has 0 aliphatic carbocycles. The monoisotopic (exact) mass is 314 g/mol. The maximum Gasteiger partial charge on any atom is 0.233 e. The van der Waals surface area contributed by atoms with E-state index in [0.29, 0.717) is 6.54 Å². The third-order valence-electron chi connectivity index (χ3n) is 3.73. The predicted molar refractivity (Wildman–Crippen MR) is 85.5 cm³/mol. The van der Waals surface area contributed by atoms with Crippen molar-refractivity contribution in [1.82, 2.24) is 10.2 Å². The number of carbonyl (C=O) groups excluding carboxylic acids is 3. The van der Waals surface area contributed by atoms with Crippen molar-refractivity contribution in [2.45, 2.75) is 33.6 Å². The van der Waals surface area contributed by atoms with Crippen molar-refractivity contribution < 1.29 is 14.4 Å². The van der Waals surface area contributed by atoms with Gasteiger partial charge in [0.25, 0.3) is 0 Å². The van der Waals surface area contributed by atoms with Gasteiger partial charge in [0.1, 0.15) is 0 Å². The van der Waals surface area contributed by atoms with Crippen LogP contribution in [0.15, 0.2) is 0 Å². The molecule has 1 N–H and O–H groups in total. The van der Waals surface area contributed by atoms with E-state index < -0.39 is 0 Å². The lowest BCUT2D eigenvalue weighted by Crippen LogP contribution is -2.37. The lowest BCUT2D eigenvalue weighted by atomic mass is 9.80. The molecule has 1 rings (SSSR count). The van der Waals surface area contributed by atoms with Gasteiger partial charge in [-0.15, -0.1) is 7.92 Å². The molecule has 1 unspecified atom stereocenters. The van der Waals surface area contributed by atoms with Crippen molar-refractivity contribution in [2.75, 3.05) is 32.6 Å². The fourth-order valence-corrected chi connectivity index (χ4v) is 2.87. The number of carbonyl (C=O) groups is 3. The molecule has 1 aliphatic heterocycles. The van der Waals surface area contributed by atoms with Crippen LogP contribution in [0.25, 0.3) is 0 Å². The van der Waals surface area contributed by atoms with Crippen molar-refractivity contribution in [3.8, 4) is 0 Å². The van der Waals surface area contributed by atoms with E-state index in [-0.39, 0.29) is 56.4 Å². The summed E-state index contributed by atoms with van der Waals surface area (Å²) in [4.78, 5) is 37.2. The molecule has 3 amide bonds. The minimum Gasteiger partial charge on any atom is -0.356 e. The van der Waals surface area contributed by atoms with Gasteiger partial charge in [0, 0.05) is 25.9 Å². The van der Waals surface area contributed by atoms with Crippen LogP contribution in [0, 0.1) is 11.3 Å². The highest BCUT2D eigenvalue weighted by Gasteiger charge is 2.44. The first-order valence-electron chi connectivity index (χ1n) is 7.38. The molecular formula is C15H27N2O3P. The Morgan fingerprint density at radius 2 is 1.95 bits per heavy atom. The van der Waals surface area contributed by atoms with E-state index in [1.807, 2.05) is 20.8 Å². The van der Waals surface area contributed by atoms with Gasteiger partial charge in [0.2, 0.25) is 17.7 Å². The average Bonchev–Trinajstić information content (AvgIpc) is 2.62. The number of hydrogen-bond acceptors (Lipinski definition) is 3. The second-order valence-corrected chi connectivity index (χ2v) is 9.52. The third kappa shape index (κ3) is 5.39. The maximum atomic E-state index is 12.3. The molecule has 0 radical (unpaired) electrons. The first-order valence-corrected chi connectivity index (χ1v) is 9.80. The van der Waals surface area contributed by atoms with Crippen LogP contribution in [0.3, 0.4) is 0 Å². The molecule has 1 aliphatic rings. The van der Waals surface area contributed by atoms with Crippen LogP contribution in [0.2, 0.25) is 0 Å². The van der Waals surface area contributed by atoms with Crippen molar-refractivity contribution in [1.29, 1.82) is 0 Å². The lowest BCUT2D eigenvalue weighted by molar-refractivity contribution is -0.140. The molecule has 5 nitrogen and oxygen atoms in total. The number of rotatable bonds is 6. The normalized spacial score (nSPS) is 19.5. The number of amides is 3. The van der Waals surface area contributed by atoms with Crippen LogP contribution in [0.1, 0.15) is 33.6 Å². The van der Waals surface area contributed by atoms with E-state index in [0.717, 1.165) is 6.16 Å². The van der Waals surface area contributed by atoms with Crippen LogP contribution < -0.4 is 5.32 Å². The summed E-state index contributed by atoms with van der Waals surface area (Å²) in [5.74, 6) is -0.646. The quantitative estimate of drug-likeness (QED) is 0.599. The summed E-state index contributed by atoms with van der Waals surface area (Å²) >= 11 is 0. The Morgan fingerprint density at radius 1 is 1.33 bits per heavy atom. The van der Waals surface area contributed by atoms with Crippen LogP contribution in [-0.4, -0.2) is 55.2 Å². The van der Waals surface area contributed by atoms with E-state index in [1.165, 1.54) is 4.90 Å². The van der Waals surface area contributed by atoms with Gasteiger partial charge < -0.3 is 5.32 Å². The molecule has 1 saturated heterocycles. The summed E-state index contributed by atoms with van der Waals surface area (Å²) in [7, 11) is -0.0159. The second-order valence-electron chi connectivity index (χ2n) is 6.91. The number of nitrogens with zero attached hydrogens (tertiary/aromatic N) is 1. The van der Waals surface area contributed by atoms with Gasteiger partial charge in [-0.05, 0) is 24.9 Å². The Labute approximate surface area is 128 Å². The van der Waals surface area contributed by atoms with Gasteiger partial charge >= 0.3 is 0 Å². The summed E-state index contributed by atoms with van der Waals surface area (Å²) in [6.45, 7) is 11.1. The Hall–Kier alpha value is -0.960. The molecular weight excluding hydrogens is 287 g/mol. The fourth-order valence-electron chi connectivity index (χ4n) is 2.32. The van der Waals surface area contributed by atoms with Crippen molar-refractivity contribution in [2.24, 2.45) is 11.3 Å². The molecule has 0 spiro atoms. The molecule has 1 atom stereocenters. The van der Waals surface area contributed by atoms with E-state index in [9.17, 15) is 14.4 Å². The molecule has 1 fully saturated rings. The lowest BCUT2D eigenvalue weighted by Gasteiger charge is -2.24. The van der Waals surface area contributed by atoms with Crippen LogP contribution in [-0.2, 0) is 14.4 Å². The first kappa shape index (κ1) is 18.1. The summed E-state index contributed by atoms with van der Waals surface area (Å²) in [5.41, 5.74) is -0.219. The topological polar surface area (TPSA) is 66.5 Å². The highest BCUT2D eigenvalue weighted by molar-refractivity contribution is 7.56. The number of nitrogens with one attached hydrogen (secondary N) is 1. The van der Waals surface area contributed by atoms with E-state index in [1.54, 1.807) is 0 Å². The van der Waals surface area contributed by atoms with E-state index in [4.69, 9.17) is 0 Å². The molecule has 21 heavy (non-hydrogen) atoms. The Bertz CT molecular complexity index is 416. The zero-order valence-corrected chi connectivity index (χ0v) is 14.6. The zero-order valence-electron chi connectivity index (χ0n) is 13.7. The summed E-state index contributed by atoms with van der Waals surface area (Å²) in [6.07, 6.45) is 1.45. The second kappa shape index (κ2) is 7.35. The summed E-state index contributed by atoms with van der Waals surface area (Å²) < 4.78 is 0. The van der Waals surface area contributed by atoms with Gasteiger partial charge in [-0.3, -0.25) is 19.3 Å². The average molecular weight is 314 g/mol. The fraction of sp³-hybridized carbons (Fsp3) is 0.800. The molecule has 120 valence electrons. The van der Waals surface area contributed by atoms with Gasteiger partial charge in [0.05, 0.1) is 5.92 Å². The van der Waals surface area contributed by atoms with Crippen LogP contribution >= 0.6 is 7.92 Å². The number of hydrogen-bond donors (Lipinski definition) is 1. The van der Waals surface area contributed by atoms with Gasteiger partial charge in [-0.2, -0.15) is 0 Å². The Morgan fingerprint density at radius 3 is 2.43 bits per heavy atom. The van der Waals surface area contributed by atoms with Gasteiger partial charge in [-0.25, -0.2) is 0 Å². The predicted octanol–water partition coefficient (Wildman–Crippen LogP) is 1.66. The molecule has 0 aromatic heterocycles. The number of imide groups is 1.